The number of fused-ring (bicyclic) bond motifs is 1. The average molecular weight is 398 g/mol. The average Bonchev–Trinajstić information content (AvgIpc) is 3.17. The van der Waals surface area contributed by atoms with E-state index in [1.807, 2.05) is 34.9 Å². The van der Waals surface area contributed by atoms with E-state index in [0.717, 1.165) is 16.2 Å². The van der Waals surface area contributed by atoms with Crippen LogP contribution < -0.4 is 0 Å². The number of ketones is 1. The monoisotopic (exact) mass is 397 g/mol. The molecule has 28 heavy (non-hydrogen) atoms. The SMILES string of the molecule is C=CCn1c(SCC(=O)c2[nH]c(C)c(C(=O)OCC)c2C)nc2ccccc21. The van der Waals surface area contributed by atoms with Crippen LogP contribution in [0, 0.1) is 13.8 Å². The number of esters is 1. The number of aromatic nitrogens is 3. The van der Waals surface area contributed by atoms with E-state index in [9.17, 15) is 9.59 Å². The number of nitrogens with one attached hydrogen (secondary N) is 1. The summed E-state index contributed by atoms with van der Waals surface area (Å²) in [5, 5.41) is 0.765. The van der Waals surface area contributed by atoms with Gasteiger partial charge in [0.05, 0.1) is 34.7 Å². The Labute approximate surface area is 168 Å². The Hall–Kier alpha value is -2.80. The number of imidazole rings is 1. The fraction of sp³-hybridized carbons (Fsp3) is 0.286. The van der Waals surface area contributed by atoms with Crippen LogP contribution in [0.2, 0.25) is 0 Å². The van der Waals surface area contributed by atoms with Gasteiger partial charge in [-0.3, -0.25) is 4.79 Å². The van der Waals surface area contributed by atoms with Gasteiger partial charge in [0.25, 0.3) is 0 Å². The Morgan fingerprint density at radius 1 is 1.32 bits per heavy atom. The van der Waals surface area contributed by atoms with Crippen LogP contribution in [0.25, 0.3) is 11.0 Å². The molecule has 146 valence electrons. The first kappa shape index (κ1) is 19.9. The lowest BCUT2D eigenvalue weighted by Crippen LogP contribution is -2.09. The zero-order valence-corrected chi connectivity index (χ0v) is 17.1. The van der Waals surface area contributed by atoms with Crippen molar-refractivity contribution in [3.05, 3.63) is 59.4 Å². The molecule has 0 fully saturated rings. The molecule has 0 saturated carbocycles. The van der Waals surface area contributed by atoms with E-state index in [4.69, 9.17) is 4.74 Å². The number of aryl methyl sites for hydroxylation is 1. The Morgan fingerprint density at radius 3 is 2.79 bits per heavy atom. The summed E-state index contributed by atoms with van der Waals surface area (Å²) in [6.07, 6.45) is 1.81. The van der Waals surface area contributed by atoms with Crippen LogP contribution in [0.15, 0.2) is 42.1 Å². The van der Waals surface area contributed by atoms with Crippen LogP contribution in [-0.4, -0.2) is 38.6 Å². The lowest BCUT2D eigenvalue weighted by atomic mass is 10.1. The zero-order valence-electron chi connectivity index (χ0n) is 16.2. The van der Waals surface area contributed by atoms with Crippen LogP contribution in [0.3, 0.4) is 0 Å². The molecule has 0 atom stereocenters. The molecule has 0 aliphatic carbocycles. The molecule has 2 heterocycles. The van der Waals surface area contributed by atoms with Crippen LogP contribution >= 0.6 is 11.8 Å². The molecular weight excluding hydrogens is 374 g/mol. The van der Waals surface area contributed by atoms with Crippen molar-refractivity contribution in [2.24, 2.45) is 0 Å². The van der Waals surface area contributed by atoms with Crippen LogP contribution in [0.5, 0.6) is 0 Å². The van der Waals surface area contributed by atoms with Crippen molar-refractivity contribution in [2.45, 2.75) is 32.5 Å². The maximum Gasteiger partial charge on any atom is 0.340 e. The van der Waals surface area contributed by atoms with Gasteiger partial charge in [-0.2, -0.15) is 0 Å². The second-order valence-corrected chi connectivity index (χ2v) is 7.28. The molecule has 1 N–H and O–H groups in total. The Bertz CT molecular complexity index is 1050. The molecular formula is C21H23N3O3S. The highest BCUT2D eigenvalue weighted by Gasteiger charge is 2.23. The lowest BCUT2D eigenvalue weighted by molar-refractivity contribution is 0.0525. The number of benzene rings is 1. The fourth-order valence-corrected chi connectivity index (χ4v) is 4.11. The molecule has 0 radical (unpaired) electrons. The number of thioether (sulfide) groups is 1. The second-order valence-electron chi connectivity index (χ2n) is 6.34. The number of aromatic amines is 1. The standard InChI is InChI=1S/C21H23N3O3S/c1-5-11-24-16-10-8-7-9-15(16)23-21(24)28-12-17(25)19-13(3)18(14(4)22-19)20(26)27-6-2/h5,7-10,22H,1,6,11-12H2,2-4H3. The Balaban J connectivity index is 1.83. The maximum absolute atomic E-state index is 12.8. The van der Waals surface area contributed by atoms with E-state index >= 15 is 0 Å². The molecule has 0 spiro atoms. The summed E-state index contributed by atoms with van der Waals surface area (Å²) >= 11 is 1.38. The molecule has 3 aromatic rings. The molecule has 0 saturated heterocycles. The molecule has 0 bridgehead atoms. The van der Waals surface area contributed by atoms with Crippen molar-refractivity contribution in [2.75, 3.05) is 12.4 Å². The van der Waals surface area contributed by atoms with Crippen molar-refractivity contribution >= 4 is 34.5 Å². The maximum atomic E-state index is 12.8. The Morgan fingerprint density at radius 2 is 2.07 bits per heavy atom. The number of hydrogen-bond donors (Lipinski definition) is 1. The molecule has 0 amide bonds. The first-order valence-corrected chi connectivity index (χ1v) is 10.0. The number of hydrogen-bond acceptors (Lipinski definition) is 5. The van der Waals surface area contributed by atoms with Gasteiger partial charge in [-0.1, -0.05) is 30.0 Å². The summed E-state index contributed by atoms with van der Waals surface area (Å²) in [5.74, 6) is -0.282. The predicted molar refractivity (Wildman–Crippen MR) is 111 cm³/mol. The number of ether oxygens (including phenoxy) is 1. The highest BCUT2D eigenvalue weighted by Crippen LogP contribution is 2.26. The van der Waals surface area contributed by atoms with Crippen molar-refractivity contribution in [1.29, 1.82) is 0 Å². The van der Waals surface area contributed by atoms with Gasteiger partial charge in [0, 0.05) is 12.2 Å². The quantitative estimate of drug-likeness (QED) is 0.265. The van der Waals surface area contributed by atoms with Gasteiger partial charge in [0.2, 0.25) is 0 Å². The third-order valence-corrected chi connectivity index (χ3v) is 5.44. The smallest absolute Gasteiger partial charge is 0.340 e. The molecule has 0 aliphatic rings. The predicted octanol–water partition coefficient (Wildman–Crippen LogP) is 4.32. The first-order chi connectivity index (χ1) is 13.5. The molecule has 3 rings (SSSR count). The number of para-hydroxylation sites is 2. The van der Waals surface area contributed by atoms with E-state index in [1.54, 1.807) is 20.8 Å². The summed E-state index contributed by atoms with van der Waals surface area (Å²) in [5.41, 5.74) is 4.04. The minimum atomic E-state index is -0.409. The highest BCUT2D eigenvalue weighted by molar-refractivity contribution is 7.99. The molecule has 7 heteroatoms. The topological polar surface area (TPSA) is 77.0 Å². The Kier molecular flexibility index (Phi) is 6.04. The van der Waals surface area contributed by atoms with Gasteiger partial charge < -0.3 is 14.3 Å². The third-order valence-electron chi connectivity index (χ3n) is 4.46. The van der Waals surface area contributed by atoms with Gasteiger partial charge >= 0.3 is 5.97 Å². The molecule has 6 nitrogen and oxygen atoms in total. The minimum Gasteiger partial charge on any atom is -0.462 e. The number of nitrogens with zero attached hydrogens (tertiary/aromatic N) is 2. The highest BCUT2D eigenvalue weighted by atomic mass is 32.2. The summed E-state index contributed by atoms with van der Waals surface area (Å²) in [6, 6.07) is 7.85. The number of allylic oxidation sites excluding steroid dienone is 1. The first-order valence-electron chi connectivity index (χ1n) is 9.06. The second kappa shape index (κ2) is 8.48. The van der Waals surface area contributed by atoms with Crippen LogP contribution in [0.4, 0.5) is 0 Å². The molecule has 2 aromatic heterocycles. The normalized spacial score (nSPS) is 11.0. The van der Waals surface area contributed by atoms with Gasteiger partial charge in [-0.25, -0.2) is 9.78 Å². The lowest BCUT2D eigenvalue weighted by Gasteiger charge is -2.06. The van der Waals surface area contributed by atoms with E-state index in [1.165, 1.54) is 11.8 Å². The van der Waals surface area contributed by atoms with Crippen LogP contribution in [0.1, 0.15) is 39.0 Å². The van der Waals surface area contributed by atoms with Crippen molar-refractivity contribution < 1.29 is 14.3 Å². The van der Waals surface area contributed by atoms with E-state index in [-0.39, 0.29) is 11.5 Å². The molecule has 0 aliphatic heterocycles. The molecule has 1 aromatic carbocycles. The number of rotatable bonds is 8. The minimum absolute atomic E-state index is 0.0849. The van der Waals surface area contributed by atoms with Gasteiger partial charge in [-0.15, -0.1) is 6.58 Å². The number of H-pyrrole nitrogens is 1. The number of Topliss-reactive ketones (excluding diaryl/α,β-unsaturated/α-hetero) is 1. The summed E-state index contributed by atoms with van der Waals surface area (Å²) in [6.45, 7) is 10.0. The summed E-state index contributed by atoms with van der Waals surface area (Å²) in [4.78, 5) is 32.6. The fourth-order valence-electron chi connectivity index (χ4n) is 3.21. The van der Waals surface area contributed by atoms with Crippen molar-refractivity contribution in [3.63, 3.8) is 0 Å². The number of carbonyl (C=O) groups excluding carboxylic acids is 2. The van der Waals surface area contributed by atoms with Gasteiger partial charge in [-0.05, 0) is 38.5 Å². The van der Waals surface area contributed by atoms with E-state index < -0.39 is 5.97 Å². The third kappa shape index (κ3) is 3.75. The van der Waals surface area contributed by atoms with Gasteiger partial charge in [0.1, 0.15) is 0 Å². The van der Waals surface area contributed by atoms with Crippen molar-refractivity contribution in [3.8, 4) is 0 Å². The molecule has 0 unspecified atom stereocenters. The van der Waals surface area contributed by atoms with Crippen molar-refractivity contribution in [1.82, 2.24) is 14.5 Å². The number of carbonyl (C=O) groups is 2. The van der Waals surface area contributed by atoms with Crippen LogP contribution in [-0.2, 0) is 11.3 Å². The summed E-state index contributed by atoms with van der Waals surface area (Å²) < 4.78 is 7.13. The largest absolute Gasteiger partial charge is 0.462 e. The van der Waals surface area contributed by atoms with E-state index in [2.05, 4.69) is 16.5 Å². The summed E-state index contributed by atoms with van der Waals surface area (Å²) in [7, 11) is 0. The van der Waals surface area contributed by atoms with Gasteiger partial charge in [0.15, 0.2) is 10.9 Å². The van der Waals surface area contributed by atoms with E-state index in [0.29, 0.717) is 35.7 Å². The zero-order chi connectivity index (χ0) is 20.3.